The Hall–Kier alpha value is -2.57. The number of aliphatic imine (C=N–C) groups is 1. The molecule has 1 aromatic carbocycles. The van der Waals surface area contributed by atoms with Gasteiger partial charge in [-0.05, 0) is 60.6 Å². The average molecular weight is 348 g/mol. The summed E-state index contributed by atoms with van der Waals surface area (Å²) in [6.07, 6.45) is 1.03. The topological polar surface area (TPSA) is 63.3 Å². The van der Waals surface area contributed by atoms with Crippen molar-refractivity contribution in [3.8, 4) is 0 Å². The molecule has 1 heterocycles. The van der Waals surface area contributed by atoms with Crippen LogP contribution in [0.3, 0.4) is 0 Å². The highest BCUT2D eigenvalue weighted by Crippen LogP contribution is 2.28. The summed E-state index contributed by atoms with van der Waals surface area (Å²) in [4.78, 5) is 7.48. The molecule has 1 aliphatic carbocycles. The van der Waals surface area contributed by atoms with Crippen molar-refractivity contribution < 1.29 is 13.2 Å². The Kier molecular flexibility index (Phi) is 4.92. The van der Waals surface area contributed by atoms with E-state index in [0.717, 1.165) is 37.2 Å². The van der Waals surface area contributed by atoms with Gasteiger partial charge in [0.15, 0.2) is 5.96 Å². The first kappa shape index (κ1) is 17.3. The van der Waals surface area contributed by atoms with Gasteiger partial charge in [-0.25, -0.2) is 4.99 Å². The molecule has 25 heavy (non-hydrogen) atoms. The van der Waals surface area contributed by atoms with Crippen LogP contribution in [0.5, 0.6) is 0 Å². The minimum absolute atomic E-state index is 0.0550. The number of anilines is 1. The number of guanidine groups is 1. The van der Waals surface area contributed by atoms with Gasteiger partial charge in [-0.2, -0.15) is 13.2 Å². The fraction of sp³-hybridized carbons (Fsp3) is 0.333. The van der Waals surface area contributed by atoms with Crippen LogP contribution in [0.2, 0.25) is 0 Å². The molecule has 0 saturated heterocycles. The summed E-state index contributed by atoms with van der Waals surface area (Å²) in [6, 6.07) is 8.51. The number of alkyl halides is 3. The third kappa shape index (κ3) is 4.29. The Morgan fingerprint density at radius 1 is 1.20 bits per heavy atom. The number of nitrogens with one attached hydrogen (secondary N) is 1. The predicted molar refractivity (Wildman–Crippen MR) is 91.3 cm³/mol. The molecule has 3 rings (SSSR count). The van der Waals surface area contributed by atoms with E-state index in [9.17, 15) is 13.2 Å². The van der Waals surface area contributed by atoms with Crippen LogP contribution in [0.25, 0.3) is 0 Å². The molecule has 0 saturated carbocycles. The van der Waals surface area contributed by atoms with Gasteiger partial charge in [-0.1, -0.05) is 12.1 Å². The highest BCUT2D eigenvalue weighted by Gasteiger charge is 2.32. The number of hydrogen-bond donors (Lipinski definition) is 2. The Labute approximate surface area is 144 Å². The summed E-state index contributed by atoms with van der Waals surface area (Å²) >= 11 is 0. The molecule has 0 fully saturated rings. The molecule has 0 amide bonds. The summed E-state index contributed by atoms with van der Waals surface area (Å²) in [7, 11) is 0. The van der Waals surface area contributed by atoms with E-state index < -0.39 is 11.9 Å². The number of hydrogen-bond acceptors (Lipinski definition) is 2. The third-order valence-electron chi connectivity index (χ3n) is 4.21. The van der Waals surface area contributed by atoms with E-state index in [2.05, 4.69) is 21.4 Å². The highest BCUT2D eigenvalue weighted by atomic mass is 19.4. The van der Waals surface area contributed by atoms with Crippen LogP contribution in [0.4, 0.5) is 18.9 Å². The van der Waals surface area contributed by atoms with E-state index in [0.29, 0.717) is 5.56 Å². The fourth-order valence-electron chi connectivity index (χ4n) is 2.98. The van der Waals surface area contributed by atoms with Crippen LogP contribution in [-0.4, -0.2) is 10.9 Å². The Balaban J connectivity index is 1.71. The molecule has 0 spiro atoms. The number of aryl methyl sites for hydroxylation is 1. The van der Waals surface area contributed by atoms with Crippen molar-refractivity contribution in [2.75, 3.05) is 5.32 Å². The molecule has 1 aliphatic rings. The standard InChI is InChI=1S/C18H19F3N4/c19-18(20,21)16-10-12(8-9-23-16)11-24-17(22)25-15-7-3-5-13-4-1-2-6-14(13)15/h3,5,7-10H,1-2,4,6,11H2,(H3,22,24,25). The minimum atomic E-state index is -4.47. The van der Waals surface area contributed by atoms with Crippen molar-refractivity contribution in [3.63, 3.8) is 0 Å². The highest BCUT2D eigenvalue weighted by molar-refractivity contribution is 5.93. The first-order chi connectivity index (χ1) is 11.9. The zero-order valence-corrected chi connectivity index (χ0v) is 13.6. The second-order valence-electron chi connectivity index (χ2n) is 6.02. The van der Waals surface area contributed by atoms with Crippen molar-refractivity contribution in [2.24, 2.45) is 10.7 Å². The first-order valence-corrected chi connectivity index (χ1v) is 8.13. The number of aromatic nitrogens is 1. The van der Waals surface area contributed by atoms with Gasteiger partial charge < -0.3 is 11.1 Å². The quantitative estimate of drug-likeness (QED) is 0.653. The molecular formula is C18H19F3N4. The Morgan fingerprint density at radius 2 is 2.00 bits per heavy atom. The second-order valence-corrected chi connectivity index (χ2v) is 6.02. The smallest absolute Gasteiger partial charge is 0.370 e. The van der Waals surface area contributed by atoms with E-state index in [1.807, 2.05) is 12.1 Å². The van der Waals surface area contributed by atoms with Gasteiger partial charge in [-0.15, -0.1) is 0 Å². The van der Waals surface area contributed by atoms with Gasteiger partial charge in [0.25, 0.3) is 0 Å². The molecule has 7 heteroatoms. The molecule has 132 valence electrons. The Bertz CT molecular complexity index is 784. The lowest BCUT2D eigenvalue weighted by molar-refractivity contribution is -0.141. The summed E-state index contributed by atoms with van der Waals surface area (Å²) in [6.45, 7) is 0.0550. The first-order valence-electron chi connectivity index (χ1n) is 8.13. The van der Waals surface area contributed by atoms with E-state index >= 15 is 0 Å². The molecule has 2 aromatic rings. The lowest BCUT2D eigenvalue weighted by Gasteiger charge is -2.19. The maximum Gasteiger partial charge on any atom is 0.433 e. The Morgan fingerprint density at radius 3 is 2.80 bits per heavy atom. The second kappa shape index (κ2) is 7.13. The van der Waals surface area contributed by atoms with Crippen molar-refractivity contribution >= 4 is 11.6 Å². The number of nitrogens with zero attached hydrogens (tertiary/aromatic N) is 2. The van der Waals surface area contributed by atoms with E-state index in [1.54, 1.807) is 0 Å². The van der Waals surface area contributed by atoms with Crippen LogP contribution in [-0.2, 0) is 25.6 Å². The van der Waals surface area contributed by atoms with Gasteiger partial charge in [0, 0.05) is 11.9 Å². The molecule has 3 N–H and O–H groups in total. The predicted octanol–water partition coefficient (Wildman–Crippen LogP) is 3.91. The van der Waals surface area contributed by atoms with E-state index in [-0.39, 0.29) is 12.5 Å². The lowest BCUT2D eigenvalue weighted by atomic mass is 9.90. The van der Waals surface area contributed by atoms with Crippen molar-refractivity contribution in [2.45, 2.75) is 38.4 Å². The molecule has 0 atom stereocenters. The average Bonchev–Trinajstić information content (AvgIpc) is 2.60. The molecule has 0 bridgehead atoms. The maximum absolute atomic E-state index is 12.7. The number of benzene rings is 1. The number of rotatable bonds is 3. The normalized spacial score (nSPS) is 14.9. The summed E-state index contributed by atoms with van der Waals surface area (Å²) in [5, 5.41) is 3.08. The number of pyridine rings is 1. The van der Waals surface area contributed by atoms with Gasteiger partial charge in [0.1, 0.15) is 5.69 Å². The van der Waals surface area contributed by atoms with Crippen LogP contribution < -0.4 is 11.1 Å². The molecule has 0 radical (unpaired) electrons. The molecule has 0 unspecified atom stereocenters. The van der Waals surface area contributed by atoms with E-state index in [1.165, 1.54) is 23.6 Å². The molecular weight excluding hydrogens is 329 g/mol. The van der Waals surface area contributed by atoms with Crippen molar-refractivity contribution in [1.29, 1.82) is 0 Å². The number of halogens is 3. The third-order valence-corrected chi connectivity index (χ3v) is 4.21. The van der Waals surface area contributed by atoms with Gasteiger partial charge in [0.2, 0.25) is 0 Å². The molecule has 0 aliphatic heterocycles. The number of fused-ring (bicyclic) bond motifs is 1. The van der Waals surface area contributed by atoms with Gasteiger partial charge in [0.05, 0.1) is 6.54 Å². The van der Waals surface area contributed by atoms with Gasteiger partial charge >= 0.3 is 6.18 Å². The van der Waals surface area contributed by atoms with Crippen LogP contribution in [0.1, 0.15) is 35.2 Å². The maximum atomic E-state index is 12.7. The monoisotopic (exact) mass is 348 g/mol. The summed E-state index contributed by atoms with van der Waals surface area (Å²) < 4.78 is 38.0. The fourth-order valence-corrected chi connectivity index (χ4v) is 2.98. The lowest BCUT2D eigenvalue weighted by Crippen LogP contribution is -2.24. The minimum Gasteiger partial charge on any atom is -0.370 e. The van der Waals surface area contributed by atoms with Crippen molar-refractivity contribution in [1.82, 2.24) is 4.98 Å². The SMILES string of the molecule is NC(=NCc1ccnc(C(F)(F)F)c1)Nc1cccc2c1CCCC2. The summed E-state index contributed by atoms with van der Waals surface area (Å²) in [5.74, 6) is 0.185. The van der Waals surface area contributed by atoms with Crippen LogP contribution >= 0.6 is 0 Å². The zero-order chi connectivity index (χ0) is 17.9. The van der Waals surface area contributed by atoms with Crippen LogP contribution in [0.15, 0.2) is 41.5 Å². The zero-order valence-electron chi connectivity index (χ0n) is 13.6. The number of nitrogens with two attached hydrogens (primary N) is 1. The summed E-state index contributed by atoms with van der Waals surface area (Å²) in [5.41, 5.74) is 8.87. The van der Waals surface area contributed by atoms with Gasteiger partial charge in [-0.3, -0.25) is 4.98 Å². The largest absolute Gasteiger partial charge is 0.433 e. The molecule has 4 nitrogen and oxygen atoms in total. The molecule has 1 aromatic heterocycles. The van der Waals surface area contributed by atoms with Crippen molar-refractivity contribution in [3.05, 3.63) is 58.9 Å². The van der Waals surface area contributed by atoms with Crippen LogP contribution in [0, 0.1) is 0 Å². The van der Waals surface area contributed by atoms with E-state index in [4.69, 9.17) is 5.73 Å².